The van der Waals surface area contributed by atoms with Crippen molar-refractivity contribution < 1.29 is 9.53 Å². The number of carbonyl (C=O) groups is 1. The van der Waals surface area contributed by atoms with Crippen LogP contribution in [0.2, 0.25) is 0 Å². The van der Waals surface area contributed by atoms with E-state index in [1.165, 1.54) is 38.5 Å². The number of ether oxygens (including phenoxy) is 1. The molecule has 0 spiro atoms. The van der Waals surface area contributed by atoms with Crippen LogP contribution in [0.3, 0.4) is 0 Å². The van der Waals surface area contributed by atoms with Crippen molar-refractivity contribution in [2.45, 2.75) is 51.5 Å². The van der Waals surface area contributed by atoms with Crippen molar-refractivity contribution in [3.63, 3.8) is 0 Å². The van der Waals surface area contributed by atoms with E-state index in [0.717, 1.165) is 33.0 Å². The number of amides is 1. The highest BCUT2D eigenvalue weighted by atomic mass is 79.9. The molecule has 4 nitrogen and oxygen atoms in total. The molecule has 4 saturated carbocycles. The Labute approximate surface area is 197 Å². The summed E-state index contributed by atoms with van der Waals surface area (Å²) in [6.45, 7) is 2.25. The molecule has 0 heterocycles. The van der Waals surface area contributed by atoms with Gasteiger partial charge in [-0.05, 0) is 114 Å². The molecule has 0 aliphatic heterocycles. The highest BCUT2D eigenvalue weighted by Gasteiger charge is 2.53. The summed E-state index contributed by atoms with van der Waals surface area (Å²) in [5, 5.41) is 8.76. The second kappa shape index (κ2) is 8.04. The lowest BCUT2D eigenvalue weighted by Crippen LogP contribution is -2.57. The molecule has 4 fully saturated rings. The Bertz CT molecular complexity index is 1020. The summed E-state index contributed by atoms with van der Waals surface area (Å²) in [7, 11) is 1.58. The van der Waals surface area contributed by atoms with Crippen molar-refractivity contribution in [2.75, 3.05) is 7.11 Å². The Morgan fingerprint density at radius 3 is 2.39 bits per heavy atom. The predicted octanol–water partition coefficient (Wildman–Crippen LogP) is 5.82. The van der Waals surface area contributed by atoms with Crippen molar-refractivity contribution in [3.8, 4) is 5.75 Å². The zero-order valence-electron chi connectivity index (χ0n) is 18.0. The van der Waals surface area contributed by atoms with Crippen LogP contribution in [0.1, 0.15) is 55.8 Å². The Hall–Kier alpha value is -1.66. The third-order valence-corrected chi connectivity index (χ3v) is 8.98. The van der Waals surface area contributed by atoms with E-state index < -0.39 is 0 Å². The average Bonchev–Trinajstić information content (AvgIpc) is 2.72. The predicted molar refractivity (Wildman–Crippen MR) is 131 cm³/mol. The fraction of sp³-hybridized carbons (Fsp3) is 0.520. The van der Waals surface area contributed by atoms with Crippen LogP contribution in [-0.2, 0) is 0 Å². The summed E-state index contributed by atoms with van der Waals surface area (Å²) in [5.41, 5.74) is 0.799. The van der Waals surface area contributed by atoms with Gasteiger partial charge in [-0.3, -0.25) is 10.1 Å². The van der Waals surface area contributed by atoms with Gasteiger partial charge in [-0.2, -0.15) is 0 Å². The Balaban J connectivity index is 1.31. The number of fused-ring (bicyclic) bond motifs is 1. The van der Waals surface area contributed by atoms with E-state index in [2.05, 4.69) is 33.5 Å². The molecule has 0 radical (unpaired) electrons. The number of thiocarbonyl (C=S) groups is 1. The zero-order valence-corrected chi connectivity index (χ0v) is 20.4. The molecular weight excluding hydrogens is 472 g/mol. The molecule has 0 unspecified atom stereocenters. The highest BCUT2D eigenvalue weighted by molar-refractivity contribution is 9.10. The van der Waals surface area contributed by atoms with Gasteiger partial charge in [0.2, 0.25) is 0 Å². The molecule has 0 aromatic heterocycles. The van der Waals surface area contributed by atoms with Gasteiger partial charge in [-0.15, -0.1) is 0 Å². The van der Waals surface area contributed by atoms with Crippen LogP contribution >= 0.6 is 28.1 Å². The van der Waals surface area contributed by atoms with E-state index in [0.29, 0.717) is 21.8 Å². The van der Waals surface area contributed by atoms with E-state index in [1.54, 1.807) is 7.11 Å². The first-order chi connectivity index (χ1) is 14.9. The molecule has 6 rings (SSSR count). The number of rotatable bonds is 4. The van der Waals surface area contributed by atoms with Gasteiger partial charge < -0.3 is 10.1 Å². The molecule has 4 bridgehead atoms. The minimum Gasteiger partial charge on any atom is -0.495 e. The van der Waals surface area contributed by atoms with Gasteiger partial charge >= 0.3 is 0 Å². The van der Waals surface area contributed by atoms with Gasteiger partial charge in [-0.25, -0.2) is 0 Å². The van der Waals surface area contributed by atoms with Crippen LogP contribution in [-0.4, -0.2) is 24.2 Å². The van der Waals surface area contributed by atoms with Crippen LogP contribution < -0.4 is 15.4 Å². The summed E-state index contributed by atoms with van der Waals surface area (Å²) in [6.07, 6.45) is 8.16. The van der Waals surface area contributed by atoms with E-state index in [9.17, 15) is 4.79 Å². The molecule has 4 aliphatic carbocycles. The van der Waals surface area contributed by atoms with Gasteiger partial charge in [0.15, 0.2) is 5.11 Å². The van der Waals surface area contributed by atoms with Gasteiger partial charge in [0.1, 0.15) is 5.75 Å². The SMILES string of the molecule is COc1c(C(=O)NC(=S)N[C@@H](C)C23CC4CC(CC(C4)C2)C3)cc2ccccc2c1Br. The maximum atomic E-state index is 13.1. The summed E-state index contributed by atoms with van der Waals surface area (Å²) in [6, 6.07) is 10.0. The second-order valence-corrected chi connectivity index (χ2v) is 11.1. The van der Waals surface area contributed by atoms with Gasteiger partial charge in [-0.1, -0.05) is 24.3 Å². The van der Waals surface area contributed by atoms with E-state index in [4.69, 9.17) is 17.0 Å². The van der Waals surface area contributed by atoms with Crippen molar-refractivity contribution in [3.05, 3.63) is 40.4 Å². The molecule has 164 valence electrons. The number of benzene rings is 2. The minimum atomic E-state index is -0.251. The highest BCUT2D eigenvalue weighted by Crippen LogP contribution is 2.61. The topological polar surface area (TPSA) is 50.4 Å². The third kappa shape index (κ3) is 3.76. The molecule has 2 aromatic rings. The van der Waals surface area contributed by atoms with Crippen molar-refractivity contribution in [1.29, 1.82) is 0 Å². The average molecular weight is 501 g/mol. The number of nitrogens with one attached hydrogen (secondary N) is 2. The van der Waals surface area contributed by atoms with Crippen LogP contribution in [0.4, 0.5) is 0 Å². The standard InChI is InChI=1S/C25H29BrN2O2S/c1-14(25-11-15-7-16(12-25)9-17(8-15)13-25)27-24(31)28-23(29)20-10-18-5-3-4-6-19(18)21(26)22(20)30-2/h3-6,10,14-17H,7-9,11-13H2,1-2H3,(H2,27,28,29,31)/t14-,15?,16?,17?,25?/m0/s1. The number of hydrogen-bond donors (Lipinski definition) is 2. The molecule has 4 aliphatic rings. The van der Waals surface area contributed by atoms with Gasteiger partial charge in [0.25, 0.3) is 5.91 Å². The van der Waals surface area contributed by atoms with Crippen molar-refractivity contribution in [1.82, 2.24) is 10.6 Å². The molecule has 6 heteroatoms. The Kier molecular flexibility index (Phi) is 5.50. The first kappa shape index (κ1) is 21.2. The van der Waals surface area contributed by atoms with E-state index in [1.807, 2.05) is 30.3 Å². The monoisotopic (exact) mass is 500 g/mol. The van der Waals surface area contributed by atoms with Crippen LogP contribution in [0, 0.1) is 23.2 Å². The van der Waals surface area contributed by atoms with Gasteiger partial charge in [0.05, 0.1) is 17.1 Å². The fourth-order valence-corrected chi connectivity index (χ4v) is 7.92. The summed E-state index contributed by atoms with van der Waals surface area (Å²) >= 11 is 9.18. The maximum Gasteiger partial charge on any atom is 0.261 e. The summed E-state index contributed by atoms with van der Waals surface area (Å²) in [5.74, 6) is 2.93. The molecule has 31 heavy (non-hydrogen) atoms. The normalized spacial score (nSPS) is 29.6. The number of hydrogen-bond acceptors (Lipinski definition) is 3. The number of methoxy groups -OCH3 is 1. The quantitative estimate of drug-likeness (QED) is 0.519. The summed E-state index contributed by atoms with van der Waals surface area (Å²) in [4.78, 5) is 13.1. The smallest absolute Gasteiger partial charge is 0.261 e. The molecular formula is C25H29BrN2O2S. The largest absolute Gasteiger partial charge is 0.495 e. The maximum absolute atomic E-state index is 13.1. The first-order valence-corrected chi connectivity index (χ1v) is 12.5. The van der Waals surface area contributed by atoms with Gasteiger partial charge in [0, 0.05) is 6.04 Å². The van der Waals surface area contributed by atoms with Crippen LogP contribution in [0.15, 0.2) is 34.8 Å². The van der Waals surface area contributed by atoms with E-state index >= 15 is 0 Å². The molecule has 1 amide bonds. The lowest BCUT2D eigenvalue weighted by Gasteiger charge is -2.59. The lowest BCUT2D eigenvalue weighted by atomic mass is 9.48. The van der Waals surface area contributed by atoms with Crippen LogP contribution in [0.25, 0.3) is 10.8 Å². The number of halogens is 1. The van der Waals surface area contributed by atoms with Crippen molar-refractivity contribution >= 4 is 49.9 Å². The summed E-state index contributed by atoms with van der Waals surface area (Å²) < 4.78 is 6.34. The zero-order chi connectivity index (χ0) is 21.8. The first-order valence-electron chi connectivity index (χ1n) is 11.3. The molecule has 1 atom stereocenters. The molecule has 2 aromatic carbocycles. The molecule has 0 saturated heterocycles. The second-order valence-electron chi connectivity index (χ2n) is 9.92. The van der Waals surface area contributed by atoms with E-state index in [-0.39, 0.29) is 11.9 Å². The Morgan fingerprint density at radius 1 is 1.16 bits per heavy atom. The fourth-order valence-electron chi connectivity index (χ4n) is 6.92. The lowest BCUT2D eigenvalue weighted by molar-refractivity contribution is -0.0672. The minimum absolute atomic E-state index is 0.251. The molecule has 2 N–H and O–H groups in total. The van der Waals surface area contributed by atoms with Crippen molar-refractivity contribution in [2.24, 2.45) is 23.2 Å². The number of carbonyl (C=O) groups excluding carboxylic acids is 1. The van der Waals surface area contributed by atoms with Crippen LogP contribution in [0.5, 0.6) is 5.75 Å². The Morgan fingerprint density at radius 2 is 1.77 bits per heavy atom. The third-order valence-electron chi connectivity index (χ3n) is 7.97.